The van der Waals surface area contributed by atoms with E-state index in [4.69, 9.17) is 4.74 Å². The number of nitrogens with zero attached hydrogens (tertiary/aromatic N) is 1. The van der Waals surface area contributed by atoms with Gasteiger partial charge >= 0.3 is 11.9 Å². The Morgan fingerprint density at radius 2 is 1.02 bits per heavy atom. The van der Waals surface area contributed by atoms with Gasteiger partial charge in [-0.15, -0.1) is 0 Å². The topological polar surface area (TPSA) is 87.1 Å². The number of carbonyl (C=O) groups excluding carboxylic acids is 1. The van der Waals surface area contributed by atoms with Crippen molar-refractivity contribution in [3.8, 4) is 0 Å². The molecule has 1 unspecified atom stereocenters. The number of esters is 1. The first-order valence-corrected chi connectivity index (χ1v) is 19.2. The number of hydrogen-bond donors (Lipinski definition) is 2. The van der Waals surface area contributed by atoms with E-state index in [1.54, 1.807) is 0 Å². The SMILES string of the molecule is CCCCCCCCC(CCCCCCCC)C(CCCCCCN(CCO)CCCC(=O)OCCCCCCC)C(=O)O. The Hall–Kier alpha value is -1.14. The highest BCUT2D eigenvalue weighted by Crippen LogP contribution is 2.30. The van der Waals surface area contributed by atoms with Crippen molar-refractivity contribution in [2.24, 2.45) is 11.8 Å². The number of ether oxygens (including phenoxy) is 1. The highest BCUT2D eigenvalue weighted by molar-refractivity contribution is 5.70. The van der Waals surface area contributed by atoms with Crippen LogP contribution in [0.4, 0.5) is 0 Å². The smallest absolute Gasteiger partial charge is 0.306 e. The van der Waals surface area contributed by atoms with Crippen LogP contribution < -0.4 is 0 Å². The van der Waals surface area contributed by atoms with Crippen LogP contribution in [0, 0.1) is 11.8 Å². The molecule has 6 heteroatoms. The second-order valence-electron chi connectivity index (χ2n) is 13.3. The van der Waals surface area contributed by atoms with Gasteiger partial charge in [0, 0.05) is 13.0 Å². The molecule has 0 aromatic carbocycles. The summed E-state index contributed by atoms with van der Waals surface area (Å²) in [5.41, 5.74) is 0. The van der Waals surface area contributed by atoms with Gasteiger partial charge < -0.3 is 19.8 Å². The van der Waals surface area contributed by atoms with Gasteiger partial charge in [0.2, 0.25) is 0 Å². The molecule has 0 spiro atoms. The van der Waals surface area contributed by atoms with Crippen LogP contribution in [0.3, 0.4) is 0 Å². The van der Waals surface area contributed by atoms with Crippen molar-refractivity contribution in [3.63, 3.8) is 0 Å². The maximum Gasteiger partial charge on any atom is 0.306 e. The Kier molecular flexibility index (Phi) is 32.4. The molecule has 44 heavy (non-hydrogen) atoms. The van der Waals surface area contributed by atoms with Gasteiger partial charge in [0.1, 0.15) is 0 Å². The number of aliphatic carboxylic acids is 1. The molecule has 0 aromatic heterocycles. The standard InChI is InChI=1S/C38H75NO5/c1-4-7-10-13-15-20-26-35(27-21-16-14-11-8-5-2)36(38(42)43)28-22-17-18-23-30-39(32-33-40)31-25-29-37(41)44-34-24-19-12-9-6-3/h35-36,40H,4-34H2,1-3H3,(H,42,43). The molecule has 0 radical (unpaired) electrons. The lowest BCUT2D eigenvalue weighted by Gasteiger charge is -2.24. The van der Waals surface area contributed by atoms with E-state index in [2.05, 4.69) is 25.7 Å². The third-order valence-corrected chi connectivity index (χ3v) is 9.27. The largest absolute Gasteiger partial charge is 0.481 e. The first-order chi connectivity index (χ1) is 21.5. The summed E-state index contributed by atoms with van der Waals surface area (Å²) < 4.78 is 5.38. The van der Waals surface area contributed by atoms with Gasteiger partial charge in [-0.3, -0.25) is 9.59 Å². The second-order valence-corrected chi connectivity index (χ2v) is 13.3. The van der Waals surface area contributed by atoms with E-state index in [1.165, 1.54) is 96.3 Å². The summed E-state index contributed by atoms with van der Waals surface area (Å²) in [6.45, 7) is 9.69. The number of aliphatic hydroxyl groups is 1. The van der Waals surface area contributed by atoms with Gasteiger partial charge in [-0.2, -0.15) is 0 Å². The molecule has 262 valence electrons. The Balaban J connectivity index is 4.43. The molecule has 0 aliphatic rings. The summed E-state index contributed by atoms with van der Waals surface area (Å²) in [6, 6.07) is 0. The van der Waals surface area contributed by atoms with Gasteiger partial charge in [-0.25, -0.2) is 0 Å². The highest BCUT2D eigenvalue weighted by atomic mass is 16.5. The predicted octanol–water partition coefficient (Wildman–Crippen LogP) is 10.3. The molecular weight excluding hydrogens is 550 g/mol. The summed E-state index contributed by atoms with van der Waals surface area (Å²) in [7, 11) is 0. The number of carbonyl (C=O) groups is 2. The fourth-order valence-electron chi connectivity index (χ4n) is 6.42. The number of carboxylic acids is 1. The molecule has 2 N–H and O–H groups in total. The van der Waals surface area contributed by atoms with Crippen LogP contribution in [-0.4, -0.2) is 59.9 Å². The number of unbranched alkanes of at least 4 members (excludes halogenated alkanes) is 17. The van der Waals surface area contributed by atoms with Gasteiger partial charge in [0.05, 0.1) is 19.1 Å². The molecule has 0 amide bonds. The van der Waals surface area contributed by atoms with Crippen LogP contribution in [0.1, 0.15) is 188 Å². The fraction of sp³-hybridized carbons (Fsp3) is 0.947. The molecule has 0 aromatic rings. The van der Waals surface area contributed by atoms with Crippen LogP contribution in [0.25, 0.3) is 0 Å². The van der Waals surface area contributed by atoms with Crippen molar-refractivity contribution in [2.45, 2.75) is 188 Å². The summed E-state index contributed by atoms with van der Waals surface area (Å²) in [6.07, 6.45) is 29.2. The van der Waals surface area contributed by atoms with Gasteiger partial charge in [-0.05, 0) is 57.5 Å². The Morgan fingerprint density at radius 3 is 1.55 bits per heavy atom. The molecule has 6 nitrogen and oxygen atoms in total. The minimum Gasteiger partial charge on any atom is -0.481 e. The minimum absolute atomic E-state index is 0.108. The monoisotopic (exact) mass is 626 g/mol. The van der Waals surface area contributed by atoms with Crippen LogP contribution in [0.2, 0.25) is 0 Å². The molecule has 0 fully saturated rings. The average molecular weight is 626 g/mol. The van der Waals surface area contributed by atoms with Crippen molar-refractivity contribution in [1.82, 2.24) is 4.90 Å². The maximum absolute atomic E-state index is 12.4. The molecule has 0 aliphatic carbocycles. The third kappa shape index (κ3) is 27.2. The number of aliphatic hydroxyl groups excluding tert-OH is 1. The summed E-state index contributed by atoms with van der Waals surface area (Å²) in [5.74, 6) is -0.583. The number of carboxylic acid groups (broad SMARTS) is 1. The van der Waals surface area contributed by atoms with E-state index in [0.29, 0.717) is 25.5 Å². The van der Waals surface area contributed by atoms with Crippen molar-refractivity contribution < 1.29 is 24.5 Å². The molecular formula is C38H75NO5. The van der Waals surface area contributed by atoms with Crippen LogP contribution >= 0.6 is 0 Å². The fourth-order valence-corrected chi connectivity index (χ4v) is 6.42. The normalized spacial score (nSPS) is 12.3. The Morgan fingerprint density at radius 1 is 0.568 bits per heavy atom. The lowest BCUT2D eigenvalue weighted by atomic mass is 9.80. The van der Waals surface area contributed by atoms with Crippen LogP contribution in [-0.2, 0) is 14.3 Å². The van der Waals surface area contributed by atoms with E-state index in [1.807, 2.05) is 0 Å². The zero-order valence-corrected chi connectivity index (χ0v) is 29.6. The van der Waals surface area contributed by atoms with Gasteiger partial charge in [0.15, 0.2) is 0 Å². The Labute approximate surface area is 273 Å². The van der Waals surface area contributed by atoms with Gasteiger partial charge in [0.25, 0.3) is 0 Å². The van der Waals surface area contributed by atoms with E-state index in [-0.39, 0.29) is 18.5 Å². The Bertz CT molecular complexity index is 612. The summed E-state index contributed by atoms with van der Waals surface area (Å²) in [5, 5.41) is 19.7. The van der Waals surface area contributed by atoms with E-state index in [0.717, 1.165) is 77.3 Å². The highest BCUT2D eigenvalue weighted by Gasteiger charge is 2.27. The predicted molar refractivity (Wildman–Crippen MR) is 186 cm³/mol. The van der Waals surface area contributed by atoms with Crippen LogP contribution in [0.5, 0.6) is 0 Å². The van der Waals surface area contributed by atoms with E-state index >= 15 is 0 Å². The minimum atomic E-state index is -0.587. The zero-order chi connectivity index (χ0) is 32.5. The third-order valence-electron chi connectivity index (χ3n) is 9.27. The van der Waals surface area contributed by atoms with Crippen molar-refractivity contribution in [2.75, 3.05) is 32.8 Å². The first kappa shape index (κ1) is 42.9. The average Bonchev–Trinajstić information content (AvgIpc) is 3.00. The van der Waals surface area contributed by atoms with Gasteiger partial charge in [-0.1, -0.05) is 143 Å². The lowest BCUT2D eigenvalue weighted by Crippen LogP contribution is -2.29. The maximum atomic E-state index is 12.4. The number of rotatable bonds is 35. The van der Waals surface area contributed by atoms with Crippen molar-refractivity contribution in [1.29, 1.82) is 0 Å². The lowest BCUT2D eigenvalue weighted by molar-refractivity contribution is -0.145. The van der Waals surface area contributed by atoms with E-state index in [9.17, 15) is 19.8 Å². The quantitative estimate of drug-likeness (QED) is 0.0538. The molecule has 1 atom stereocenters. The van der Waals surface area contributed by atoms with E-state index < -0.39 is 5.97 Å². The van der Waals surface area contributed by atoms with Crippen LogP contribution in [0.15, 0.2) is 0 Å². The van der Waals surface area contributed by atoms with Crippen molar-refractivity contribution in [3.05, 3.63) is 0 Å². The summed E-state index contributed by atoms with van der Waals surface area (Å²) in [4.78, 5) is 26.7. The molecule has 0 saturated carbocycles. The molecule has 0 heterocycles. The zero-order valence-electron chi connectivity index (χ0n) is 29.6. The first-order valence-electron chi connectivity index (χ1n) is 19.2. The molecule has 0 saturated heterocycles. The summed E-state index contributed by atoms with van der Waals surface area (Å²) >= 11 is 0. The molecule has 0 aliphatic heterocycles. The second kappa shape index (κ2) is 33.2. The molecule has 0 bridgehead atoms. The molecule has 0 rings (SSSR count). The number of hydrogen-bond acceptors (Lipinski definition) is 5. The van der Waals surface area contributed by atoms with Crippen molar-refractivity contribution >= 4 is 11.9 Å².